The van der Waals surface area contributed by atoms with Crippen molar-refractivity contribution in [2.45, 2.75) is 58.5 Å². The number of aromatic nitrogens is 3. The van der Waals surface area contributed by atoms with Crippen LogP contribution >= 0.6 is 11.3 Å². The summed E-state index contributed by atoms with van der Waals surface area (Å²) in [7, 11) is 0. The van der Waals surface area contributed by atoms with E-state index in [4.69, 9.17) is 0 Å². The smallest absolute Gasteiger partial charge is 0.323 e. The van der Waals surface area contributed by atoms with Gasteiger partial charge in [-0.25, -0.2) is 14.8 Å². The second-order valence-corrected chi connectivity index (χ2v) is 8.36. The molecule has 7 heteroatoms. The van der Waals surface area contributed by atoms with Gasteiger partial charge < -0.3 is 9.47 Å². The fourth-order valence-corrected chi connectivity index (χ4v) is 3.82. The fourth-order valence-electron chi connectivity index (χ4n) is 2.96. The van der Waals surface area contributed by atoms with E-state index in [0.29, 0.717) is 5.13 Å². The summed E-state index contributed by atoms with van der Waals surface area (Å²) in [4.78, 5) is 24.4. The first kappa shape index (κ1) is 17.0. The Morgan fingerprint density at radius 3 is 2.83 bits per heavy atom. The lowest BCUT2D eigenvalue weighted by Crippen LogP contribution is -2.40. The van der Waals surface area contributed by atoms with Crippen molar-refractivity contribution in [2.24, 2.45) is 0 Å². The van der Waals surface area contributed by atoms with E-state index in [1.165, 1.54) is 4.88 Å². The van der Waals surface area contributed by atoms with Gasteiger partial charge in [-0.15, -0.1) is 11.3 Å². The molecule has 1 atom stereocenters. The summed E-state index contributed by atoms with van der Waals surface area (Å²) >= 11 is 1.55. The van der Waals surface area contributed by atoms with E-state index in [0.717, 1.165) is 31.8 Å². The van der Waals surface area contributed by atoms with Gasteiger partial charge in [0.1, 0.15) is 5.82 Å². The number of rotatable bonds is 3. The van der Waals surface area contributed by atoms with Crippen molar-refractivity contribution in [2.75, 3.05) is 11.9 Å². The van der Waals surface area contributed by atoms with Gasteiger partial charge in [-0.1, -0.05) is 20.8 Å². The van der Waals surface area contributed by atoms with Crippen LogP contribution in [0.5, 0.6) is 0 Å². The molecule has 0 bridgehead atoms. The quantitative estimate of drug-likeness (QED) is 0.922. The summed E-state index contributed by atoms with van der Waals surface area (Å²) < 4.78 is 2.11. The summed E-state index contributed by atoms with van der Waals surface area (Å²) in [5.74, 6) is 0.983. The summed E-state index contributed by atoms with van der Waals surface area (Å²) in [6.07, 6.45) is 7.70. The molecule has 0 aliphatic carbocycles. The maximum atomic E-state index is 12.7. The van der Waals surface area contributed by atoms with E-state index in [2.05, 4.69) is 40.6 Å². The van der Waals surface area contributed by atoms with Gasteiger partial charge in [0.25, 0.3) is 0 Å². The molecule has 1 aliphatic rings. The van der Waals surface area contributed by atoms with Gasteiger partial charge >= 0.3 is 6.03 Å². The van der Waals surface area contributed by atoms with Gasteiger partial charge in [0.05, 0.1) is 6.04 Å². The van der Waals surface area contributed by atoms with Crippen molar-refractivity contribution >= 4 is 22.5 Å². The van der Waals surface area contributed by atoms with Crippen LogP contribution in [0.3, 0.4) is 0 Å². The van der Waals surface area contributed by atoms with Gasteiger partial charge in [0.15, 0.2) is 5.13 Å². The zero-order chi connectivity index (χ0) is 17.3. The molecule has 0 aromatic carbocycles. The molecule has 3 rings (SSSR count). The normalized spacial score (nSPS) is 18.2. The fraction of sp³-hybridized carbons (Fsp3) is 0.588. The van der Waals surface area contributed by atoms with Crippen LogP contribution in [-0.4, -0.2) is 38.1 Å². The number of imidazole rings is 1. The van der Waals surface area contributed by atoms with E-state index >= 15 is 0 Å². The van der Waals surface area contributed by atoms with Crippen LogP contribution < -0.4 is 5.32 Å². The summed E-state index contributed by atoms with van der Waals surface area (Å²) in [6, 6.07) is 0.157. The number of hydrogen-bond donors (Lipinski definition) is 1. The maximum Gasteiger partial charge on any atom is 0.323 e. The van der Waals surface area contributed by atoms with Crippen LogP contribution in [-0.2, 0) is 12.0 Å². The molecule has 1 fully saturated rings. The van der Waals surface area contributed by atoms with Gasteiger partial charge in [-0.3, -0.25) is 5.32 Å². The topological polar surface area (TPSA) is 63.1 Å². The van der Waals surface area contributed by atoms with Gasteiger partial charge in [0.2, 0.25) is 0 Å². The van der Waals surface area contributed by atoms with Crippen molar-refractivity contribution < 1.29 is 4.79 Å². The van der Waals surface area contributed by atoms with Crippen molar-refractivity contribution in [3.05, 3.63) is 29.3 Å². The Kier molecular flexibility index (Phi) is 4.62. The molecule has 24 heavy (non-hydrogen) atoms. The maximum absolute atomic E-state index is 12.7. The summed E-state index contributed by atoms with van der Waals surface area (Å²) in [6.45, 7) is 10.0. The van der Waals surface area contributed by atoms with Crippen LogP contribution in [0.1, 0.15) is 44.3 Å². The van der Waals surface area contributed by atoms with Gasteiger partial charge in [-0.2, -0.15) is 0 Å². The SMILES string of the molecule is Cc1nccn1CC1CCCN1C(=O)Nc1ncc(C(C)(C)C)s1. The lowest BCUT2D eigenvalue weighted by atomic mass is 9.96. The van der Waals surface area contributed by atoms with Crippen LogP contribution in [0, 0.1) is 6.92 Å². The zero-order valence-corrected chi connectivity index (χ0v) is 15.6. The molecule has 0 saturated carbocycles. The van der Waals surface area contributed by atoms with Crippen molar-refractivity contribution in [1.82, 2.24) is 19.4 Å². The number of nitrogens with zero attached hydrogens (tertiary/aromatic N) is 4. The molecule has 3 heterocycles. The Morgan fingerprint density at radius 1 is 1.42 bits per heavy atom. The third kappa shape index (κ3) is 3.61. The molecule has 1 aliphatic heterocycles. The highest BCUT2D eigenvalue weighted by molar-refractivity contribution is 7.15. The lowest BCUT2D eigenvalue weighted by molar-refractivity contribution is 0.201. The zero-order valence-electron chi connectivity index (χ0n) is 14.7. The predicted molar refractivity (Wildman–Crippen MR) is 96.5 cm³/mol. The molecule has 1 unspecified atom stereocenters. The highest BCUT2D eigenvalue weighted by Crippen LogP contribution is 2.30. The third-order valence-corrected chi connectivity index (χ3v) is 5.77. The highest BCUT2D eigenvalue weighted by atomic mass is 32.1. The Bertz CT molecular complexity index is 715. The lowest BCUT2D eigenvalue weighted by Gasteiger charge is -2.25. The van der Waals surface area contributed by atoms with Crippen LogP contribution in [0.15, 0.2) is 18.6 Å². The van der Waals surface area contributed by atoms with E-state index in [1.54, 1.807) is 17.5 Å². The second kappa shape index (κ2) is 6.55. The monoisotopic (exact) mass is 347 g/mol. The number of carbonyl (C=O) groups excluding carboxylic acids is 1. The van der Waals surface area contributed by atoms with E-state index in [1.807, 2.05) is 24.2 Å². The third-order valence-electron chi connectivity index (χ3n) is 4.43. The number of nitrogens with one attached hydrogen (secondary N) is 1. The minimum Gasteiger partial charge on any atom is -0.333 e. The van der Waals surface area contributed by atoms with Crippen LogP contribution in [0.4, 0.5) is 9.93 Å². The standard InChI is InChI=1S/C17H25N5OS/c1-12-18-7-9-21(12)11-13-6-5-8-22(13)16(23)20-15-19-10-14(24-15)17(2,3)4/h7,9-10,13H,5-6,8,11H2,1-4H3,(H,19,20,23). The molecular weight excluding hydrogens is 322 g/mol. The molecule has 0 spiro atoms. The Balaban J connectivity index is 1.65. The van der Waals surface area contributed by atoms with Crippen LogP contribution in [0.2, 0.25) is 0 Å². The molecule has 0 radical (unpaired) electrons. The first-order chi connectivity index (χ1) is 11.3. The Morgan fingerprint density at radius 2 is 2.21 bits per heavy atom. The van der Waals surface area contributed by atoms with Crippen molar-refractivity contribution in [3.63, 3.8) is 0 Å². The molecule has 6 nitrogen and oxygen atoms in total. The second-order valence-electron chi connectivity index (χ2n) is 7.33. The number of thiazole rings is 1. The number of likely N-dealkylation sites (tertiary alicyclic amines) is 1. The van der Waals surface area contributed by atoms with Gasteiger partial charge in [-0.05, 0) is 25.2 Å². The average Bonchev–Trinajstić information content (AvgIpc) is 3.20. The first-order valence-electron chi connectivity index (χ1n) is 8.36. The van der Waals surface area contributed by atoms with Gasteiger partial charge in [0, 0.05) is 36.6 Å². The molecule has 1 N–H and O–H groups in total. The average molecular weight is 347 g/mol. The largest absolute Gasteiger partial charge is 0.333 e. The molecule has 130 valence electrons. The number of carbonyl (C=O) groups is 1. The number of anilines is 1. The number of aryl methyl sites for hydroxylation is 1. The van der Waals surface area contributed by atoms with E-state index in [-0.39, 0.29) is 17.5 Å². The molecule has 1 saturated heterocycles. The number of hydrogen-bond acceptors (Lipinski definition) is 4. The summed E-state index contributed by atoms with van der Waals surface area (Å²) in [5, 5.41) is 3.65. The molecule has 2 aromatic rings. The minimum atomic E-state index is -0.0509. The predicted octanol–water partition coefficient (Wildman–Crippen LogP) is 3.64. The summed E-state index contributed by atoms with van der Waals surface area (Å²) in [5.41, 5.74) is 0.0514. The number of amides is 2. The molecule has 2 aromatic heterocycles. The van der Waals surface area contributed by atoms with Crippen molar-refractivity contribution in [3.8, 4) is 0 Å². The Labute approximate surface area is 146 Å². The van der Waals surface area contributed by atoms with E-state index < -0.39 is 0 Å². The molecular formula is C17H25N5OS. The van der Waals surface area contributed by atoms with Crippen LogP contribution in [0.25, 0.3) is 0 Å². The Hall–Kier alpha value is -1.89. The number of urea groups is 1. The van der Waals surface area contributed by atoms with E-state index in [9.17, 15) is 4.79 Å². The van der Waals surface area contributed by atoms with Crippen molar-refractivity contribution in [1.29, 1.82) is 0 Å². The molecule has 2 amide bonds. The highest BCUT2D eigenvalue weighted by Gasteiger charge is 2.30. The first-order valence-corrected chi connectivity index (χ1v) is 9.18. The minimum absolute atomic E-state index is 0.0509.